The highest BCUT2D eigenvalue weighted by Gasteiger charge is 2.29. The van der Waals surface area contributed by atoms with Crippen LogP contribution in [0.1, 0.15) is 31.7 Å². The molecule has 1 aromatic heterocycles. The van der Waals surface area contributed by atoms with Gasteiger partial charge in [0.25, 0.3) is 0 Å². The lowest BCUT2D eigenvalue weighted by Gasteiger charge is -2.41. The predicted molar refractivity (Wildman–Crippen MR) is 135 cm³/mol. The molecular weight excluding hydrogens is 513 g/mol. The van der Waals surface area contributed by atoms with Crippen LogP contribution in [0.15, 0.2) is 22.5 Å². The zero-order chi connectivity index (χ0) is 20.7. The monoisotopic (exact) mass is 551 g/mol. The number of hydrogen-bond donors (Lipinski definition) is 2. The Hall–Kier alpha value is -0.460. The van der Waals surface area contributed by atoms with Gasteiger partial charge in [-0.05, 0) is 32.2 Å². The highest BCUT2D eigenvalue weighted by molar-refractivity contribution is 14.0. The van der Waals surface area contributed by atoms with Gasteiger partial charge in [0.2, 0.25) is 0 Å². The lowest BCUT2D eigenvalue weighted by atomic mass is 10.0. The van der Waals surface area contributed by atoms with Crippen LogP contribution in [0.3, 0.4) is 0 Å². The van der Waals surface area contributed by atoms with Crippen LogP contribution >= 0.6 is 35.3 Å². The predicted octanol–water partition coefficient (Wildman–Crippen LogP) is 2.40. The molecule has 2 aliphatic heterocycles. The van der Waals surface area contributed by atoms with E-state index in [9.17, 15) is 0 Å². The molecule has 1 aromatic rings. The molecule has 0 bridgehead atoms. The largest absolute Gasteiger partial charge is 0.379 e. The number of thiophene rings is 1. The highest BCUT2D eigenvalue weighted by atomic mass is 127. The van der Waals surface area contributed by atoms with E-state index in [-0.39, 0.29) is 35.6 Å². The van der Waals surface area contributed by atoms with Gasteiger partial charge in [-0.2, -0.15) is 0 Å². The summed E-state index contributed by atoms with van der Waals surface area (Å²) in [5.41, 5.74) is 0.0498. The van der Waals surface area contributed by atoms with Crippen molar-refractivity contribution in [3.8, 4) is 0 Å². The number of rotatable bonds is 7. The third-order valence-corrected chi connectivity index (χ3v) is 6.80. The minimum absolute atomic E-state index is 0. The number of nitrogens with zero attached hydrogens (tertiary/aromatic N) is 3. The fourth-order valence-corrected chi connectivity index (χ4v) is 4.87. The summed E-state index contributed by atoms with van der Waals surface area (Å²) >= 11 is 1.82. The third kappa shape index (κ3) is 7.30. The number of ether oxygens (including phenoxy) is 2. The van der Waals surface area contributed by atoms with Gasteiger partial charge < -0.3 is 20.1 Å². The van der Waals surface area contributed by atoms with E-state index in [1.807, 2.05) is 18.4 Å². The SMILES string of the molecule is CN=C(NCC(c1cccs1)N1CCOC(C)C1)NCC(C)(C)N1CCOCC1.I. The quantitative estimate of drug-likeness (QED) is 0.309. The van der Waals surface area contributed by atoms with Crippen molar-refractivity contribution in [3.63, 3.8) is 0 Å². The summed E-state index contributed by atoms with van der Waals surface area (Å²) in [4.78, 5) is 10.9. The van der Waals surface area contributed by atoms with Crippen molar-refractivity contribution in [1.82, 2.24) is 20.4 Å². The zero-order valence-electron chi connectivity index (χ0n) is 18.7. The number of aliphatic imine (C=N–C) groups is 1. The molecule has 0 amide bonds. The van der Waals surface area contributed by atoms with Crippen molar-refractivity contribution in [2.24, 2.45) is 4.99 Å². The second-order valence-electron chi connectivity index (χ2n) is 8.43. The summed E-state index contributed by atoms with van der Waals surface area (Å²) in [5, 5.41) is 9.26. The number of hydrogen-bond acceptors (Lipinski definition) is 6. The summed E-state index contributed by atoms with van der Waals surface area (Å²) in [6.07, 6.45) is 0.276. The average Bonchev–Trinajstić information content (AvgIpc) is 3.26. The first-order valence-corrected chi connectivity index (χ1v) is 11.5. The molecule has 0 aromatic carbocycles. The van der Waals surface area contributed by atoms with Crippen molar-refractivity contribution in [2.45, 2.75) is 38.5 Å². The molecule has 2 unspecified atom stereocenters. The van der Waals surface area contributed by atoms with Crippen LogP contribution in [0.4, 0.5) is 0 Å². The Morgan fingerprint density at radius 1 is 1.27 bits per heavy atom. The van der Waals surface area contributed by atoms with E-state index in [0.717, 1.165) is 65.0 Å². The minimum Gasteiger partial charge on any atom is -0.379 e. The van der Waals surface area contributed by atoms with Gasteiger partial charge in [-0.3, -0.25) is 14.8 Å². The van der Waals surface area contributed by atoms with Gasteiger partial charge in [0.1, 0.15) is 0 Å². The van der Waals surface area contributed by atoms with E-state index < -0.39 is 0 Å². The summed E-state index contributed by atoms with van der Waals surface area (Å²) in [6, 6.07) is 4.69. The van der Waals surface area contributed by atoms with Crippen molar-refractivity contribution >= 4 is 41.3 Å². The second kappa shape index (κ2) is 12.5. The zero-order valence-corrected chi connectivity index (χ0v) is 21.9. The van der Waals surface area contributed by atoms with E-state index in [0.29, 0.717) is 6.04 Å². The van der Waals surface area contributed by atoms with Gasteiger partial charge >= 0.3 is 0 Å². The molecule has 172 valence electrons. The van der Waals surface area contributed by atoms with Crippen LogP contribution in [-0.2, 0) is 9.47 Å². The van der Waals surface area contributed by atoms with E-state index in [2.05, 4.69) is 63.7 Å². The fraction of sp³-hybridized carbons (Fsp3) is 0.762. The Kier molecular flexibility index (Phi) is 10.8. The lowest BCUT2D eigenvalue weighted by molar-refractivity contribution is -0.0334. The molecule has 0 saturated carbocycles. The van der Waals surface area contributed by atoms with Gasteiger partial charge in [0.15, 0.2) is 5.96 Å². The highest BCUT2D eigenvalue weighted by Crippen LogP contribution is 2.26. The first-order chi connectivity index (χ1) is 14.0. The molecule has 3 rings (SSSR count). The van der Waals surface area contributed by atoms with Crippen molar-refractivity contribution in [2.75, 3.05) is 66.1 Å². The maximum Gasteiger partial charge on any atom is 0.191 e. The number of nitrogens with one attached hydrogen (secondary N) is 2. The molecule has 2 fully saturated rings. The Labute approximate surface area is 202 Å². The first kappa shape index (κ1) is 25.8. The maximum atomic E-state index is 5.75. The normalized spacial score (nSPS) is 22.9. The van der Waals surface area contributed by atoms with Gasteiger partial charge in [0.05, 0.1) is 32.0 Å². The molecule has 0 spiro atoms. The van der Waals surface area contributed by atoms with Crippen molar-refractivity contribution in [1.29, 1.82) is 0 Å². The second-order valence-corrected chi connectivity index (χ2v) is 9.41. The Bertz CT molecular complexity index is 637. The molecular formula is C21H38IN5O2S. The van der Waals surface area contributed by atoms with E-state index in [1.165, 1.54) is 4.88 Å². The number of morpholine rings is 2. The third-order valence-electron chi connectivity index (χ3n) is 5.83. The fourth-order valence-electron chi connectivity index (χ4n) is 4.01. The van der Waals surface area contributed by atoms with Crippen LogP contribution in [0.25, 0.3) is 0 Å². The van der Waals surface area contributed by atoms with Gasteiger partial charge in [-0.25, -0.2) is 0 Å². The maximum absolute atomic E-state index is 5.75. The van der Waals surface area contributed by atoms with E-state index >= 15 is 0 Å². The molecule has 9 heteroatoms. The van der Waals surface area contributed by atoms with Crippen LogP contribution in [0, 0.1) is 0 Å². The van der Waals surface area contributed by atoms with Crippen molar-refractivity contribution in [3.05, 3.63) is 22.4 Å². The average molecular weight is 552 g/mol. The molecule has 2 atom stereocenters. The standard InChI is InChI=1S/C21H37N5O2S.HI/c1-17-15-25(7-12-28-17)18(19-6-5-13-29-19)14-23-20(22-4)24-16-21(2,3)26-8-10-27-11-9-26;/h5-6,13,17-18H,7-12,14-16H2,1-4H3,(H2,22,23,24);1H. The summed E-state index contributed by atoms with van der Waals surface area (Å²) in [5.74, 6) is 0.856. The van der Waals surface area contributed by atoms with Crippen LogP contribution in [-0.4, -0.2) is 93.5 Å². The van der Waals surface area contributed by atoms with E-state index in [4.69, 9.17) is 9.47 Å². The summed E-state index contributed by atoms with van der Waals surface area (Å²) < 4.78 is 11.2. The summed E-state index contributed by atoms with van der Waals surface area (Å²) in [6.45, 7) is 14.7. The van der Waals surface area contributed by atoms with E-state index in [1.54, 1.807) is 0 Å². The molecule has 30 heavy (non-hydrogen) atoms. The topological polar surface area (TPSA) is 61.4 Å². The lowest BCUT2D eigenvalue weighted by Crippen LogP contribution is -2.57. The Morgan fingerprint density at radius 2 is 2.03 bits per heavy atom. The number of guanidine groups is 1. The van der Waals surface area contributed by atoms with Gasteiger partial charge in [-0.1, -0.05) is 6.07 Å². The van der Waals surface area contributed by atoms with Gasteiger partial charge in [-0.15, -0.1) is 35.3 Å². The molecule has 2 saturated heterocycles. The molecule has 0 aliphatic carbocycles. The molecule has 2 aliphatic rings. The van der Waals surface area contributed by atoms with Crippen LogP contribution in [0.2, 0.25) is 0 Å². The minimum atomic E-state index is 0. The Balaban J connectivity index is 0.00000320. The molecule has 0 radical (unpaired) electrons. The Morgan fingerprint density at radius 3 is 2.67 bits per heavy atom. The molecule has 3 heterocycles. The van der Waals surface area contributed by atoms with Gasteiger partial charge in [0, 0.05) is 56.7 Å². The first-order valence-electron chi connectivity index (χ1n) is 10.7. The van der Waals surface area contributed by atoms with Crippen LogP contribution < -0.4 is 10.6 Å². The molecule has 7 nitrogen and oxygen atoms in total. The molecule has 2 N–H and O–H groups in total. The number of halogens is 1. The van der Waals surface area contributed by atoms with Crippen molar-refractivity contribution < 1.29 is 9.47 Å². The smallest absolute Gasteiger partial charge is 0.191 e. The van der Waals surface area contributed by atoms with Crippen LogP contribution in [0.5, 0.6) is 0 Å². The summed E-state index contributed by atoms with van der Waals surface area (Å²) in [7, 11) is 1.84.